The highest BCUT2D eigenvalue weighted by molar-refractivity contribution is 7.19. The third kappa shape index (κ3) is 2.59. The first kappa shape index (κ1) is 13.9. The van der Waals surface area contributed by atoms with Crippen molar-refractivity contribution in [2.75, 3.05) is 23.7 Å². The lowest BCUT2D eigenvalue weighted by Crippen LogP contribution is -2.32. The molecule has 19 heavy (non-hydrogen) atoms. The second kappa shape index (κ2) is 5.62. The van der Waals surface area contributed by atoms with Crippen molar-refractivity contribution in [1.29, 1.82) is 5.26 Å². The molecule has 1 fully saturated rings. The van der Waals surface area contributed by atoms with Crippen molar-refractivity contribution >= 4 is 27.8 Å². The van der Waals surface area contributed by atoms with E-state index in [1.165, 1.54) is 11.3 Å². The number of ketones is 1. The largest absolute Gasteiger partial charge is 0.396 e. The molecule has 0 aliphatic carbocycles. The second-order valence-electron chi connectivity index (χ2n) is 5.08. The predicted octanol–water partition coefficient (Wildman–Crippen LogP) is 3.03. The topological polar surface area (TPSA) is 70.1 Å². The van der Waals surface area contributed by atoms with Crippen molar-refractivity contribution < 1.29 is 4.79 Å². The highest BCUT2D eigenvalue weighted by Gasteiger charge is 2.25. The van der Waals surface area contributed by atoms with Gasteiger partial charge in [-0.05, 0) is 18.8 Å². The molecule has 2 heterocycles. The van der Waals surface area contributed by atoms with E-state index in [0.717, 1.165) is 36.9 Å². The fourth-order valence-electron chi connectivity index (χ4n) is 2.34. The highest BCUT2D eigenvalue weighted by Crippen LogP contribution is 2.39. The summed E-state index contributed by atoms with van der Waals surface area (Å²) in [6, 6.07) is 2.16. The molecule has 0 saturated carbocycles. The Kier molecular flexibility index (Phi) is 4.11. The molecule has 1 aromatic rings. The number of carbonyl (C=O) groups excluding carboxylic acids is 1. The van der Waals surface area contributed by atoms with Crippen molar-refractivity contribution in [2.45, 2.75) is 33.1 Å². The molecule has 0 bridgehead atoms. The van der Waals surface area contributed by atoms with Crippen molar-refractivity contribution in [3.8, 4) is 6.07 Å². The standard InChI is InChI=1S/C14H19N3OS/c1-3-11(18)13-12(16)10(8-15)14(19-13)17-6-4-9(2)5-7-17/h9H,3-7,16H2,1-2H3. The molecule has 1 aliphatic rings. The lowest BCUT2D eigenvalue weighted by Gasteiger charge is -2.31. The number of Topliss-reactive ketones (excluding diaryl/α,β-unsaturated/α-hetero) is 1. The molecule has 0 atom stereocenters. The van der Waals surface area contributed by atoms with Gasteiger partial charge in [0.25, 0.3) is 0 Å². The number of rotatable bonds is 3. The molecule has 2 N–H and O–H groups in total. The van der Waals surface area contributed by atoms with Crippen molar-refractivity contribution in [1.82, 2.24) is 0 Å². The summed E-state index contributed by atoms with van der Waals surface area (Å²) in [5, 5.41) is 10.2. The maximum atomic E-state index is 11.9. The number of nitriles is 1. The molecule has 1 aromatic heterocycles. The van der Waals surface area contributed by atoms with Crippen LogP contribution in [0.1, 0.15) is 48.3 Å². The van der Waals surface area contributed by atoms with E-state index in [9.17, 15) is 10.1 Å². The lowest BCUT2D eigenvalue weighted by molar-refractivity contribution is 0.0993. The zero-order chi connectivity index (χ0) is 14.0. The molecule has 102 valence electrons. The molecule has 2 rings (SSSR count). The maximum absolute atomic E-state index is 11.9. The van der Waals surface area contributed by atoms with Crippen LogP contribution in [0, 0.1) is 17.2 Å². The Morgan fingerprint density at radius 3 is 2.68 bits per heavy atom. The normalized spacial score (nSPS) is 16.4. The molecule has 1 aliphatic heterocycles. The third-order valence-corrected chi connectivity index (χ3v) is 4.99. The predicted molar refractivity (Wildman–Crippen MR) is 78.7 cm³/mol. The molecular weight excluding hydrogens is 258 g/mol. The van der Waals surface area contributed by atoms with Gasteiger partial charge in [-0.1, -0.05) is 13.8 Å². The first-order valence-corrected chi connectivity index (χ1v) is 7.50. The monoisotopic (exact) mass is 277 g/mol. The van der Waals surface area contributed by atoms with Crippen LogP contribution in [-0.2, 0) is 0 Å². The van der Waals surface area contributed by atoms with E-state index in [0.29, 0.717) is 22.5 Å². The van der Waals surface area contributed by atoms with Gasteiger partial charge < -0.3 is 10.6 Å². The summed E-state index contributed by atoms with van der Waals surface area (Å²) >= 11 is 1.38. The average molecular weight is 277 g/mol. The number of hydrogen-bond acceptors (Lipinski definition) is 5. The van der Waals surface area contributed by atoms with Gasteiger partial charge in [0.15, 0.2) is 5.78 Å². The van der Waals surface area contributed by atoms with Crippen LogP contribution < -0.4 is 10.6 Å². The Hall–Kier alpha value is -1.54. The smallest absolute Gasteiger partial charge is 0.174 e. The van der Waals surface area contributed by atoms with Crippen LogP contribution in [0.5, 0.6) is 0 Å². The number of nitrogen functional groups attached to an aromatic ring is 1. The van der Waals surface area contributed by atoms with E-state index >= 15 is 0 Å². The zero-order valence-corrected chi connectivity index (χ0v) is 12.2. The fraction of sp³-hybridized carbons (Fsp3) is 0.571. The molecule has 1 saturated heterocycles. The summed E-state index contributed by atoms with van der Waals surface area (Å²) in [7, 11) is 0. The van der Waals surface area contributed by atoms with Gasteiger partial charge >= 0.3 is 0 Å². The van der Waals surface area contributed by atoms with Gasteiger partial charge in [0.2, 0.25) is 0 Å². The summed E-state index contributed by atoms with van der Waals surface area (Å²) < 4.78 is 0. The van der Waals surface area contributed by atoms with Crippen LogP contribution in [-0.4, -0.2) is 18.9 Å². The summed E-state index contributed by atoms with van der Waals surface area (Å²) in [4.78, 5) is 14.6. The SMILES string of the molecule is CCC(=O)c1sc(N2CCC(C)CC2)c(C#N)c1N. The molecule has 0 radical (unpaired) electrons. The van der Waals surface area contributed by atoms with Crippen LogP contribution in [0.2, 0.25) is 0 Å². The zero-order valence-electron chi connectivity index (χ0n) is 11.4. The molecule has 0 unspecified atom stereocenters. The van der Waals surface area contributed by atoms with E-state index in [-0.39, 0.29) is 5.78 Å². The minimum atomic E-state index is 0.0237. The Morgan fingerprint density at radius 1 is 1.53 bits per heavy atom. The number of anilines is 2. The molecular formula is C14H19N3OS. The number of hydrogen-bond donors (Lipinski definition) is 1. The van der Waals surface area contributed by atoms with Crippen LogP contribution in [0.25, 0.3) is 0 Å². The average Bonchev–Trinajstić information content (AvgIpc) is 2.75. The number of nitrogens with two attached hydrogens (primary N) is 1. The first-order chi connectivity index (χ1) is 9.08. The number of piperidine rings is 1. The Morgan fingerprint density at radius 2 is 2.16 bits per heavy atom. The third-order valence-electron chi connectivity index (χ3n) is 3.68. The highest BCUT2D eigenvalue weighted by atomic mass is 32.1. The van der Waals surface area contributed by atoms with Gasteiger partial charge in [0, 0.05) is 19.5 Å². The van der Waals surface area contributed by atoms with Gasteiger partial charge in [0.1, 0.15) is 16.6 Å². The number of thiophene rings is 1. The second-order valence-corrected chi connectivity index (χ2v) is 6.08. The fourth-order valence-corrected chi connectivity index (χ4v) is 3.57. The molecule has 0 spiro atoms. The number of nitrogens with zero attached hydrogens (tertiary/aromatic N) is 2. The maximum Gasteiger partial charge on any atom is 0.174 e. The van der Waals surface area contributed by atoms with Crippen LogP contribution >= 0.6 is 11.3 Å². The lowest BCUT2D eigenvalue weighted by atomic mass is 9.99. The summed E-state index contributed by atoms with van der Waals surface area (Å²) in [5.74, 6) is 0.756. The van der Waals surface area contributed by atoms with Gasteiger partial charge in [-0.2, -0.15) is 5.26 Å². The molecule has 4 nitrogen and oxygen atoms in total. The molecule has 0 aromatic carbocycles. The van der Waals surface area contributed by atoms with Gasteiger partial charge in [0.05, 0.1) is 10.6 Å². The van der Waals surface area contributed by atoms with E-state index in [4.69, 9.17) is 5.73 Å². The van der Waals surface area contributed by atoms with E-state index in [1.807, 2.05) is 6.92 Å². The van der Waals surface area contributed by atoms with Gasteiger partial charge in [-0.25, -0.2) is 0 Å². The first-order valence-electron chi connectivity index (χ1n) is 6.69. The number of carbonyl (C=O) groups is 1. The Bertz CT molecular complexity index is 522. The molecule has 0 amide bonds. The molecule has 5 heteroatoms. The summed E-state index contributed by atoms with van der Waals surface area (Å²) in [6.07, 6.45) is 2.67. The summed E-state index contributed by atoms with van der Waals surface area (Å²) in [5.41, 5.74) is 6.82. The van der Waals surface area contributed by atoms with E-state index in [1.54, 1.807) is 0 Å². The van der Waals surface area contributed by atoms with Gasteiger partial charge in [-0.15, -0.1) is 11.3 Å². The Labute approximate surface area is 117 Å². The Balaban J connectivity index is 2.35. The van der Waals surface area contributed by atoms with Crippen LogP contribution in [0.4, 0.5) is 10.7 Å². The van der Waals surface area contributed by atoms with Crippen molar-refractivity contribution in [3.63, 3.8) is 0 Å². The minimum absolute atomic E-state index is 0.0237. The van der Waals surface area contributed by atoms with Crippen molar-refractivity contribution in [2.24, 2.45) is 5.92 Å². The van der Waals surface area contributed by atoms with Crippen molar-refractivity contribution in [3.05, 3.63) is 10.4 Å². The van der Waals surface area contributed by atoms with E-state index < -0.39 is 0 Å². The van der Waals surface area contributed by atoms with E-state index in [2.05, 4.69) is 17.9 Å². The minimum Gasteiger partial charge on any atom is -0.396 e. The van der Waals surface area contributed by atoms with Crippen LogP contribution in [0.3, 0.4) is 0 Å². The quantitative estimate of drug-likeness (QED) is 0.862. The van der Waals surface area contributed by atoms with Gasteiger partial charge in [-0.3, -0.25) is 4.79 Å². The van der Waals surface area contributed by atoms with Crippen LogP contribution in [0.15, 0.2) is 0 Å². The summed E-state index contributed by atoms with van der Waals surface area (Å²) in [6.45, 7) is 5.94.